The molecule has 0 atom stereocenters. The van der Waals surface area contributed by atoms with Crippen LogP contribution in [0, 0.1) is 0 Å². The molecule has 0 saturated carbocycles. The molecule has 0 aliphatic heterocycles. The van der Waals surface area contributed by atoms with E-state index >= 15 is 0 Å². The molecular formula is C9H15NSn. The molecular weight excluding hydrogens is 241 g/mol. The summed E-state index contributed by atoms with van der Waals surface area (Å²) in [6.45, 7) is 0. The van der Waals surface area contributed by atoms with E-state index in [0.29, 0.717) is 0 Å². The summed E-state index contributed by atoms with van der Waals surface area (Å²) in [7, 11) is 0. The summed E-state index contributed by atoms with van der Waals surface area (Å²) >= 11 is 0.230. The zero-order chi connectivity index (χ0) is 7.40. The fourth-order valence-corrected chi connectivity index (χ4v) is 1.01. The van der Waals surface area contributed by atoms with Crippen molar-refractivity contribution in [2.75, 3.05) is 0 Å². The number of allylic oxidation sites excluding steroid dienone is 6. The molecule has 0 spiro atoms. The van der Waals surface area contributed by atoms with Crippen LogP contribution < -0.4 is 6.15 Å². The normalized spacial score (nSPS) is 16.2. The van der Waals surface area contributed by atoms with Crippen molar-refractivity contribution >= 4 is 21.1 Å². The third-order valence-corrected chi connectivity index (χ3v) is 1.43. The molecule has 0 aromatic rings. The van der Waals surface area contributed by atoms with Gasteiger partial charge in [0.1, 0.15) is 0 Å². The minimum atomic E-state index is 0. The van der Waals surface area contributed by atoms with Gasteiger partial charge in [-0.15, -0.1) is 0 Å². The molecule has 3 N–H and O–H groups in total. The van der Waals surface area contributed by atoms with Crippen LogP contribution in [0.2, 0.25) is 9.88 Å². The Morgan fingerprint density at radius 3 is 1.55 bits per heavy atom. The molecule has 2 radical (unpaired) electrons. The second kappa shape index (κ2) is 5.61. The Bertz CT molecular complexity index is 182. The van der Waals surface area contributed by atoms with E-state index in [0.717, 1.165) is 0 Å². The first-order valence-electron chi connectivity index (χ1n) is 3.53. The third-order valence-electron chi connectivity index (χ3n) is 1.43. The monoisotopic (exact) mass is 257 g/mol. The molecule has 0 saturated heterocycles. The van der Waals surface area contributed by atoms with Crippen molar-refractivity contribution < 1.29 is 0 Å². The van der Waals surface area contributed by atoms with Crippen LogP contribution in [0.25, 0.3) is 0 Å². The Morgan fingerprint density at radius 1 is 1.09 bits per heavy atom. The summed E-state index contributed by atoms with van der Waals surface area (Å²) in [6.07, 6.45) is 9.90. The quantitative estimate of drug-likeness (QED) is 0.664. The summed E-state index contributed by atoms with van der Waals surface area (Å²) < 4.78 is 0. The fraction of sp³-hybridized carbons (Fsp3) is 0.333. The molecule has 0 aromatic heterocycles. The van der Waals surface area contributed by atoms with Gasteiger partial charge in [0.25, 0.3) is 0 Å². The first-order chi connectivity index (χ1) is 4.86. The van der Waals surface area contributed by atoms with Gasteiger partial charge >= 0.3 is 31.0 Å². The molecule has 60 valence electrons. The van der Waals surface area contributed by atoms with Crippen molar-refractivity contribution in [3.05, 3.63) is 35.5 Å². The average Bonchev–Trinajstić information content (AvgIpc) is 2.49. The number of fused-ring (bicyclic) bond motifs is 2. The maximum atomic E-state index is 2.30. The zero-order valence-corrected chi connectivity index (χ0v) is 10.1. The van der Waals surface area contributed by atoms with Crippen LogP contribution in [-0.2, 0) is 0 Å². The summed E-state index contributed by atoms with van der Waals surface area (Å²) in [5, 5.41) is 0. The van der Waals surface area contributed by atoms with E-state index in [1.807, 2.05) is 0 Å². The van der Waals surface area contributed by atoms with Crippen LogP contribution in [0.1, 0.15) is 6.42 Å². The van der Waals surface area contributed by atoms with Crippen LogP contribution >= 0.6 is 0 Å². The van der Waals surface area contributed by atoms with Crippen LogP contribution in [-0.4, -0.2) is 21.1 Å². The first-order valence-corrected chi connectivity index (χ1v) is 9.24. The fourth-order valence-electron chi connectivity index (χ4n) is 1.01. The summed E-state index contributed by atoms with van der Waals surface area (Å²) in [6, 6.07) is 0. The molecule has 0 aromatic carbocycles. The topological polar surface area (TPSA) is 35.0 Å². The molecule has 2 heteroatoms. The van der Waals surface area contributed by atoms with E-state index in [1.54, 1.807) is 0 Å². The molecule has 2 bridgehead atoms. The first kappa shape index (κ1) is 11.0. The summed E-state index contributed by atoms with van der Waals surface area (Å²) in [5.41, 5.74) is 2.94. The minimum absolute atomic E-state index is 0. The van der Waals surface area contributed by atoms with Gasteiger partial charge in [0, 0.05) is 0 Å². The van der Waals surface area contributed by atoms with E-state index in [2.05, 4.69) is 34.2 Å². The zero-order valence-electron chi connectivity index (χ0n) is 7.22. The second-order valence-electron chi connectivity index (χ2n) is 2.49. The van der Waals surface area contributed by atoms with Crippen LogP contribution in [0.5, 0.6) is 0 Å². The predicted molar refractivity (Wildman–Crippen MR) is 52.4 cm³/mol. The van der Waals surface area contributed by atoms with Gasteiger partial charge in [0.15, 0.2) is 0 Å². The molecule has 2 rings (SSSR count). The van der Waals surface area contributed by atoms with Gasteiger partial charge in [-0.05, 0) is 17.6 Å². The van der Waals surface area contributed by atoms with Gasteiger partial charge in [-0.1, -0.05) is 24.3 Å². The number of hydrogen-bond donors (Lipinski definition) is 1. The number of rotatable bonds is 0. The Labute approximate surface area is 79.1 Å². The number of hydrogen-bond acceptors (Lipinski definition) is 1. The Hall–Kier alpha value is -0.0213. The molecule has 0 unspecified atom stereocenters. The van der Waals surface area contributed by atoms with Gasteiger partial charge in [0.2, 0.25) is 0 Å². The Morgan fingerprint density at radius 2 is 1.45 bits per heavy atom. The van der Waals surface area contributed by atoms with Crippen molar-refractivity contribution in [1.29, 1.82) is 0 Å². The van der Waals surface area contributed by atoms with Crippen LogP contribution in [0.3, 0.4) is 0 Å². The van der Waals surface area contributed by atoms with E-state index in [9.17, 15) is 0 Å². The van der Waals surface area contributed by atoms with Crippen molar-refractivity contribution in [3.8, 4) is 0 Å². The van der Waals surface area contributed by atoms with Gasteiger partial charge in [-0.2, -0.15) is 0 Å². The van der Waals surface area contributed by atoms with Crippen molar-refractivity contribution in [2.24, 2.45) is 0 Å². The molecule has 2 aliphatic carbocycles. The van der Waals surface area contributed by atoms with Crippen molar-refractivity contribution in [1.82, 2.24) is 6.15 Å². The standard InChI is InChI=1S/C7H6.2CH3.H3N.Sn/c1-2-7-4-3-6(1)5-7;;;;/h1-4H,5H2;3*1H3;. The second-order valence-corrected chi connectivity index (χ2v) is 5.35. The maximum absolute atomic E-state index is 2.30. The van der Waals surface area contributed by atoms with E-state index < -0.39 is 0 Å². The third kappa shape index (κ3) is 3.25. The molecule has 1 nitrogen and oxygen atoms in total. The molecule has 0 heterocycles. The summed E-state index contributed by atoms with van der Waals surface area (Å²) in [5.74, 6) is 0. The average molecular weight is 256 g/mol. The molecule has 2 aliphatic rings. The van der Waals surface area contributed by atoms with Crippen molar-refractivity contribution in [2.45, 2.75) is 16.3 Å². The van der Waals surface area contributed by atoms with Gasteiger partial charge in [-0.25, -0.2) is 0 Å². The van der Waals surface area contributed by atoms with E-state index in [-0.39, 0.29) is 27.3 Å². The Balaban J connectivity index is 0.000000225. The Kier molecular flexibility index (Phi) is 5.60. The summed E-state index contributed by atoms with van der Waals surface area (Å²) in [4.78, 5) is 4.59. The SMILES string of the molecule is C1=CC2=CC=C1C2.N.[CH3][Sn][CH3]. The molecule has 0 fully saturated rings. The predicted octanol–water partition coefficient (Wildman–Crippen LogP) is 2.76. The van der Waals surface area contributed by atoms with Crippen LogP contribution in [0.15, 0.2) is 35.5 Å². The van der Waals surface area contributed by atoms with E-state index in [1.165, 1.54) is 17.6 Å². The molecule has 0 amide bonds. The van der Waals surface area contributed by atoms with Gasteiger partial charge in [0.05, 0.1) is 0 Å². The van der Waals surface area contributed by atoms with Crippen LogP contribution in [0.4, 0.5) is 0 Å². The molecule has 11 heavy (non-hydrogen) atoms. The van der Waals surface area contributed by atoms with E-state index in [4.69, 9.17) is 0 Å². The van der Waals surface area contributed by atoms with Gasteiger partial charge < -0.3 is 6.15 Å². The van der Waals surface area contributed by atoms with Crippen molar-refractivity contribution in [3.63, 3.8) is 0 Å². The van der Waals surface area contributed by atoms with Gasteiger partial charge in [-0.3, -0.25) is 0 Å².